The molecule has 7 nitrogen and oxygen atoms in total. The van der Waals surface area contributed by atoms with E-state index in [2.05, 4.69) is 47.5 Å². The number of rotatable bonds is 5. The van der Waals surface area contributed by atoms with E-state index in [0.717, 1.165) is 38.3 Å². The van der Waals surface area contributed by atoms with Crippen LogP contribution in [0.4, 0.5) is 10.2 Å². The van der Waals surface area contributed by atoms with Crippen molar-refractivity contribution in [3.8, 4) is 0 Å². The predicted molar refractivity (Wildman–Crippen MR) is 137 cm³/mol. The van der Waals surface area contributed by atoms with Crippen LogP contribution in [0.15, 0.2) is 52.9 Å². The molecule has 0 unspecified atom stereocenters. The summed E-state index contributed by atoms with van der Waals surface area (Å²) in [6, 6.07) is 5.93. The van der Waals surface area contributed by atoms with Crippen molar-refractivity contribution < 1.29 is 8.60 Å². The van der Waals surface area contributed by atoms with E-state index < -0.39 is 11.0 Å². The number of nitrogens with zero attached hydrogens (tertiary/aromatic N) is 5. The zero-order chi connectivity index (χ0) is 24.8. The van der Waals surface area contributed by atoms with Crippen LogP contribution in [0.1, 0.15) is 51.0 Å². The van der Waals surface area contributed by atoms with E-state index in [0.29, 0.717) is 15.6 Å². The van der Waals surface area contributed by atoms with Gasteiger partial charge in [0.05, 0.1) is 44.8 Å². The van der Waals surface area contributed by atoms with E-state index in [1.165, 1.54) is 17.5 Å². The summed E-state index contributed by atoms with van der Waals surface area (Å²) in [4.78, 5) is 15.9. The Morgan fingerprint density at radius 1 is 1.17 bits per heavy atom. The number of anilines is 1. The highest BCUT2D eigenvalue weighted by Gasteiger charge is 2.49. The summed E-state index contributed by atoms with van der Waals surface area (Å²) in [7, 11) is -1.15. The molecule has 35 heavy (non-hydrogen) atoms. The largest absolute Gasteiger partial charge is 0.355 e. The number of pyridine rings is 1. The lowest BCUT2D eigenvalue weighted by Crippen LogP contribution is -2.48. The Labute approximate surface area is 212 Å². The molecule has 0 radical (unpaired) electrons. The molecule has 1 fully saturated rings. The van der Waals surface area contributed by atoms with E-state index in [1.807, 2.05) is 20.8 Å². The molecule has 10 heteroatoms. The first-order valence-corrected chi connectivity index (χ1v) is 13.8. The number of hydrogen-bond acceptors (Lipinski definition) is 6. The fraction of sp³-hybridized carbons (Fsp3) is 0.480. The van der Waals surface area contributed by atoms with Gasteiger partial charge in [-0.2, -0.15) is 0 Å². The first kappa shape index (κ1) is 24.4. The highest BCUT2D eigenvalue weighted by atomic mass is 32.2. The van der Waals surface area contributed by atoms with Crippen molar-refractivity contribution >= 4 is 28.6 Å². The monoisotopic (exact) mass is 514 g/mol. The number of fused-ring (bicyclic) bond motifs is 1. The molecule has 1 N–H and O–H groups in total. The van der Waals surface area contributed by atoms with Crippen LogP contribution in [0.25, 0.3) is 0 Å². The number of hydrogen-bond donors (Lipinski definition) is 1. The minimum atomic E-state index is -1.15. The summed E-state index contributed by atoms with van der Waals surface area (Å²) in [5, 5.41) is 0.649. The van der Waals surface area contributed by atoms with Gasteiger partial charge in [-0.15, -0.1) is 0 Å². The van der Waals surface area contributed by atoms with Gasteiger partial charge in [0.25, 0.3) is 0 Å². The lowest BCUT2D eigenvalue weighted by Gasteiger charge is -2.43. The zero-order valence-corrected chi connectivity index (χ0v) is 22.1. The molecule has 0 aromatic carbocycles. The van der Waals surface area contributed by atoms with E-state index in [9.17, 15) is 8.60 Å². The van der Waals surface area contributed by atoms with Gasteiger partial charge in [-0.25, -0.2) is 23.3 Å². The third-order valence-electron chi connectivity index (χ3n) is 6.98. The third-order valence-corrected chi connectivity index (χ3v) is 9.50. The first-order valence-electron chi connectivity index (χ1n) is 11.9. The van der Waals surface area contributed by atoms with Gasteiger partial charge in [0.2, 0.25) is 0 Å². The second-order valence-electron chi connectivity index (χ2n) is 10.4. The molecule has 1 saturated heterocycles. The van der Waals surface area contributed by atoms with Crippen LogP contribution in [0.2, 0.25) is 0 Å². The molecule has 3 aromatic rings. The lowest BCUT2D eigenvalue weighted by molar-refractivity contribution is 0.165. The zero-order valence-electron chi connectivity index (χ0n) is 20.5. The topological polar surface area (TPSA) is 75.9 Å². The average molecular weight is 515 g/mol. The molecule has 2 aliphatic heterocycles. The van der Waals surface area contributed by atoms with Crippen LogP contribution in [0.3, 0.4) is 0 Å². The van der Waals surface area contributed by atoms with Gasteiger partial charge in [0.1, 0.15) is 10.8 Å². The molecule has 0 bridgehead atoms. The van der Waals surface area contributed by atoms with E-state index in [1.54, 1.807) is 31.6 Å². The van der Waals surface area contributed by atoms with Gasteiger partial charge in [0.15, 0.2) is 5.82 Å². The molecule has 0 aliphatic carbocycles. The van der Waals surface area contributed by atoms with Gasteiger partial charge in [-0.1, -0.05) is 11.8 Å². The minimum Gasteiger partial charge on any atom is -0.355 e. The van der Waals surface area contributed by atoms with Crippen LogP contribution in [0.5, 0.6) is 0 Å². The number of piperidine rings is 1. The minimum absolute atomic E-state index is 0.0218. The SMILES string of the molecule is Cc1nccc(Sc2cnc(N3CCC4(CC3)Cn3cccc3[C@H]4N[S@](=O)C(C)(C)C)cn2)c1F. The Balaban J connectivity index is 1.27. The van der Waals surface area contributed by atoms with Gasteiger partial charge in [-0.3, -0.25) is 4.98 Å². The molecule has 3 aromatic heterocycles. The molecule has 5 heterocycles. The van der Waals surface area contributed by atoms with Gasteiger partial charge in [0, 0.05) is 43.1 Å². The molecule has 5 rings (SSSR count). The van der Waals surface area contributed by atoms with Crippen LogP contribution in [-0.4, -0.2) is 41.6 Å². The summed E-state index contributed by atoms with van der Waals surface area (Å²) >= 11 is 1.25. The molecular weight excluding hydrogens is 483 g/mol. The van der Waals surface area contributed by atoms with Crippen molar-refractivity contribution in [1.29, 1.82) is 0 Å². The molecule has 2 atom stereocenters. The maximum absolute atomic E-state index is 14.3. The molecule has 186 valence electrons. The van der Waals surface area contributed by atoms with Gasteiger partial charge in [-0.05, 0) is 58.7 Å². The van der Waals surface area contributed by atoms with Gasteiger partial charge >= 0.3 is 0 Å². The van der Waals surface area contributed by atoms with Crippen LogP contribution in [-0.2, 0) is 17.5 Å². The molecular formula is C25H31FN6OS2. The standard InChI is InChI=1S/C25H31FN6OS2/c1-17-22(26)19(7-10-27-17)34-21-15-28-20(14-29-21)31-12-8-25(9-13-31)16-32-11-5-6-18(32)23(25)30-35(33)24(2,3)4/h5-7,10-11,14-15,23,30H,8-9,12-13,16H2,1-4H3/t23-,35-/m1/s1. The van der Waals surface area contributed by atoms with E-state index in [4.69, 9.17) is 0 Å². The molecule has 0 amide bonds. The highest BCUT2D eigenvalue weighted by Crippen LogP contribution is 2.50. The van der Waals surface area contributed by atoms with Crippen molar-refractivity contribution in [3.05, 3.63) is 60.2 Å². The van der Waals surface area contributed by atoms with E-state index in [-0.39, 0.29) is 22.0 Å². The quantitative estimate of drug-likeness (QED) is 0.534. The number of halogens is 1. The van der Waals surface area contributed by atoms with Crippen molar-refractivity contribution in [3.63, 3.8) is 0 Å². The fourth-order valence-electron chi connectivity index (χ4n) is 4.92. The Bertz CT molecular complexity index is 1230. The van der Waals surface area contributed by atoms with E-state index >= 15 is 0 Å². The third kappa shape index (κ3) is 4.75. The van der Waals surface area contributed by atoms with Crippen molar-refractivity contribution in [2.24, 2.45) is 5.41 Å². The second kappa shape index (κ2) is 9.29. The van der Waals surface area contributed by atoms with Crippen LogP contribution >= 0.6 is 11.8 Å². The number of aromatic nitrogens is 4. The van der Waals surface area contributed by atoms with Crippen LogP contribution in [0, 0.1) is 18.2 Å². The summed E-state index contributed by atoms with van der Waals surface area (Å²) in [6.45, 7) is 10.3. The molecule has 2 aliphatic rings. The summed E-state index contributed by atoms with van der Waals surface area (Å²) < 4.78 is 32.8. The Hall–Kier alpha value is -2.30. The van der Waals surface area contributed by atoms with Crippen molar-refractivity contribution in [2.45, 2.75) is 67.8 Å². The maximum atomic E-state index is 14.3. The first-order chi connectivity index (χ1) is 16.7. The summed E-state index contributed by atoms with van der Waals surface area (Å²) in [5.74, 6) is 0.512. The Morgan fingerprint density at radius 2 is 1.94 bits per heavy atom. The molecule has 0 saturated carbocycles. The Morgan fingerprint density at radius 3 is 2.63 bits per heavy atom. The normalized spacial score (nSPS) is 20.3. The van der Waals surface area contributed by atoms with Crippen molar-refractivity contribution in [2.75, 3.05) is 18.0 Å². The highest BCUT2D eigenvalue weighted by molar-refractivity contribution is 7.99. The Kier molecular flexibility index (Phi) is 6.48. The maximum Gasteiger partial charge on any atom is 0.158 e. The van der Waals surface area contributed by atoms with Crippen molar-refractivity contribution in [1.82, 2.24) is 24.2 Å². The lowest BCUT2D eigenvalue weighted by atomic mass is 9.73. The number of nitrogens with one attached hydrogen (secondary N) is 1. The predicted octanol–water partition coefficient (Wildman–Crippen LogP) is 4.67. The van der Waals surface area contributed by atoms with Gasteiger partial charge < -0.3 is 9.47 Å². The summed E-state index contributed by atoms with van der Waals surface area (Å²) in [5.41, 5.74) is 1.61. The van der Waals surface area contributed by atoms with Crippen LogP contribution < -0.4 is 9.62 Å². The molecule has 1 spiro atoms. The second-order valence-corrected chi connectivity index (χ2v) is 13.4. The summed E-state index contributed by atoms with van der Waals surface area (Å²) in [6.07, 6.45) is 9.14. The smallest absolute Gasteiger partial charge is 0.158 e. The fourth-order valence-corrected chi connectivity index (χ4v) is 6.66. The average Bonchev–Trinajstić information content (AvgIpc) is 3.38. The number of aryl methyl sites for hydroxylation is 1.